The Hall–Kier alpha value is -2.44. The molecule has 0 spiro atoms. The van der Waals surface area contributed by atoms with Gasteiger partial charge in [-0.2, -0.15) is 0 Å². The Morgan fingerprint density at radius 1 is 1.20 bits per heavy atom. The number of nitrogens with zero attached hydrogens (tertiary/aromatic N) is 3. The van der Waals surface area contributed by atoms with Gasteiger partial charge in [-0.3, -0.25) is 0 Å². The van der Waals surface area contributed by atoms with Crippen LogP contribution < -0.4 is 0 Å². The van der Waals surface area contributed by atoms with E-state index in [0.717, 1.165) is 0 Å². The predicted molar refractivity (Wildman–Crippen MR) is 92.7 cm³/mol. The maximum Gasteiger partial charge on any atom is 0.378 e. The molecule has 0 aliphatic heterocycles. The second-order valence-corrected chi connectivity index (χ2v) is 5.84. The van der Waals surface area contributed by atoms with Crippen molar-refractivity contribution < 1.29 is 13.9 Å². The van der Waals surface area contributed by atoms with Crippen LogP contribution in [0.4, 0.5) is 4.39 Å². The molecule has 0 aliphatic rings. The highest BCUT2D eigenvalue weighted by Crippen LogP contribution is 2.30. The summed E-state index contributed by atoms with van der Waals surface area (Å²) in [5.41, 5.74) is 1.05. The molecule has 0 fully saturated rings. The van der Waals surface area contributed by atoms with E-state index in [9.17, 15) is 9.18 Å². The Kier molecular flexibility index (Phi) is 5.01. The van der Waals surface area contributed by atoms with Crippen molar-refractivity contribution in [1.82, 2.24) is 14.8 Å². The number of esters is 1. The standard InChI is InChI=1S/C17H12Cl2FN3O2/c1-2-25-17(24)15-21-16(13-8-3-10(18)9-14(13)19)23(22-15)12-6-4-11(20)5-7-12/h3-9H,2H2,1H3. The molecule has 0 saturated heterocycles. The van der Waals surface area contributed by atoms with Crippen LogP contribution in [0.15, 0.2) is 42.5 Å². The van der Waals surface area contributed by atoms with Crippen LogP contribution in [0.5, 0.6) is 0 Å². The highest BCUT2D eigenvalue weighted by Gasteiger charge is 2.21. The van der Waals surface area contributed by atoms with Crippen LogP contribution in [0, 0.1) is 5.82 Å². The molecule has 0 aliphatic carbocycles. The summed E-state index contributed by atoms with van der Waals surface area (Å²) in [4.78, 5) is 16.2. The Bertz CT molecular complexity index is 926. The molecule has 0 radical (unpaired) electrons. The molecule has 2 aromatic carbocycles. The minimum atomic E-state index is -0.658. The molecule has 0 bridgehead atoms. The van der Waals surface area contributed by atoms with Crippen LogP contribution in [0.2, 0.25) is 10.0 Å². The van der Waals surface area contributed by atoms with Gasteiger partial charge in [-0.15, -0.1) is 5.10 Å². The summed E-state index contributed by atoms with van der Waals surface area (Å²) in [6.07, 6.45) is 0. The van der Waals surface area contributed by atoms with Gasteiger partial charge in [0.15, 0.2) is 5.82 Å². The van der Waals surface area contributed by atoms with E-state index in [4.69, 9.17) is 27.9 Å². The van der Waals surface area contributed by atoms with Gasteiger partial charge in [0.05, 0.1) is 17.3 Å². The second-order valence-electron chi connectivity index (χ2n) is 4.99. The molecular weight excluding hydrogens is 368 g/mol. The van der Waals surface area contributed by atoms with E-state index < -0.39 is 5.97 Å². The molecule has 0 atom stereocenters. The lowest BCUT2D eigenvalue weighted by Crippen LogP contribution is -2.07. The smallest absolute Gasteiger partial charge is 0.378 e. The van der Waals surface area contributed by atoms with E-state index in [-0.39, 0.29) is 18.2 Å². The average molecular weight is 380 g/mol. The molecule has 1 heterocycles. The number of halogens is 3. The summed E-state index contributed by atoms with van der Waals surface area (Å²) in [7, 11) is 0. The van der Waals surface area contributed by atoms with Gasteiger partial charge in [-0.05, 0) is 49.4 Å². The minimum Gasteiger partial charge on any atom is -0.460 e. The summed E-state index contributed by atoms with van der Waals surface area (Å²) in [5, 5.41) is 5.00. The van der Waals surface area contributed by atoms with Crippen molar-refractivity contribution in [2.45, 2.75) is 6.92 Å². The topological polar surface area (TPSA) is 57.0 Å². The first-order chi connectivity index (χ1) is 12.0. The van der Waals surface area contributed by atoms with Gasteiger partial charge in [0.25, 0.3) is 5.82 Å². The van der Waals surface area contributed by atoms with Gasteiger partial charge in [0.2, 0.25) is 0 Å². The molecule has 8 heteroatoms. The van der Waals surface area contributed by atoms with Crippen molar-refractivity contribution in [3.8, 4) is 17.1 Å². The van der Waals surface area contributed by atoms with Crippen molar-refractivity contribution in [2.24, 2.45) is 0 Å². The van der Waals surface area contributed by atoms with Crippen molar-refractivity contribution in [3.63, 3.8) is 0 Å². The van der Waals surface area contributed by atoms with Crippen LogP contribution in [0.1, 0.15) is 17.5 Å². The lowest BCUT2D eigenvalue weighted by molar-refractivity contribution is 0.0512. The molecule has 0 saturated carbocycles. The van der Waals surface area contributed by atoms with E-state index in [0.29, 0.717) is 27.1 Å². The molecule has 3 aromatic rings. The number of carbonyl (C=O) groups excluding carboxylic acids is 1. The van der Waals surface area contributed by atoms with E-state index in [1.165, 1.54) is 28.9 Å². The van der Waals surface area contributed by atoms with Crippen molar-refractivity contribution in [3.05, 3.63) is 64.2 Å². The zero-order valence-electron chi connectivity index (χ0n) is 13.0. The first-order valence-electron chi connectivity index (χ1n) is 7.35. The lowest BCUT2D eigenvalue weighted by Gasteiger charge is -2.07. The van der Waals surface area contributed by atoms with Crippen molar-refractivity contribution >= 4 is 29.2 Å². The zero-order valence-corrected chi connectivity index (χ0v) is 14.6. The number of rotatable bonds is 4. The number of ether oxygens (including phenoxy) is 1. The molecule has 0 amide bonds. The third-order valence-corrected chi connectivity index (χ3v) is 3.86. The highest BCUT2D eigenvalue weighted by atomic mass is 35.5. The van der Waals surface area contributed by atoms with Gasteiger partial charge in [-0.1, -0.05) is 23.2 Å². The fourth-order valence-corrected chi connectivity index (χ4v) is 2.69. The van der Waals surface area contributed by atoms with Crippen LogP contribution >= 0.6 is 23.2 Å². The van der Waals surface area contributed by atoms with E-state index in [2.05, 4.69) is 10.1 Å². The predicted octanol–water partition coefficient (Wildman–Crippen LogP) is 4.56. The first kappa shape index (κ1) is 17.4. The van der Waals surface area contributed by atoms with Crippen LogP contribution in [0.3, 0.4) is 0 Å². The molecule has 5 nitrogen and oxygen atoms in total. The molecule has 25 heavy (non-hydrogen) atoms. The molecule has 0 N–H and O–H groups in total. The molecular formula is C17H12Cl2FN3O2. The normalized spacial score (nSPS) is 10.7. The van der Waals surface area contributed by atoms with Gasteiger partial charge in [-0.25, -0.2) is 18.9 Å². The van der Waals surface area contributed by atoms with E-state index in [1.54, 1.807) is 25.1 Å². The summed E-state index contributed by atoms with van der Waals surface area (Å²) in [6, 6.07) is 10.5. The van der Waals surface area contributed by atoms with Crippen LogP contribution in [0.25, 0.3) is 17.1 Å². The van der Waals surface area contributed by atoms with E-state index >= 15 is 0 Å². The van der Waals surface area contributed by atoms with E-state index in [1.807, 2.05) is 0 Å². The fourth-order valence-electron chi connectivity index (χ4n) is 2.20. The molecule has 0 unspecified atom stereocenters. The molecule has 3 rings (SSSR count). The average Bonchev–Trinajstić information content (AvgIpc) is 3.01. The third kappa shape index (κ3) is 3.65. The maximum absolute atomic E-state index is 13.2. The summed E-state index contributed by atoms with van der Waals surface area (Å²) in [5.74, 6) is -0.848. The maximum atomic E-state index is 13.2. The van der Waals surface area contributed by atoms with Crippen LogP contribution in [-0.4, -0.2) is 27.3 Å². The van der Waals surface area contributed by atoms with Crippen LogP contribution in [-0.2, 0) is 4.74 Å². The fraction of sp³-hybridized carbons (Fsp3) is 0.118. The minimum absolute atomic E-state index is 0.118. The summed E-state index contributed by atoms with van der Waals surface area (Å²) >= 11 is 12.2. The number of carbonyl (C=O) groups is 1. The Morgan fingerprint density at radius 3 is 2.56 bits per heavy atom. The van der Waals surface area contributed by atoms with Gasteiger partial charge < -0.3 is 4.74 Å². The number of hydrogen-bond acceptors (Lipinski definition) is 4. The molecule has 1 aromatic heterocycles. The Balaban J connectivity index is 2.17. The highest BCUT2D eigenvalue weighted by molar-refractivity contribution is 6.36. The van der Waals surface area contributed by atoms with Crippen molar-refractivity contribution in [2.75, 3.05) is 6.61 Å². The summed E-state index contributed by atoms with van der Waals surface area (Å²) in [6.45, 7) is 1.88. The van der Waals surface area contributed by atoms with Gasteiger partial charge in [0.1, 0.15) is 5.82 Å². The number of hydrogen-bond donors (Lipinski definition) is 0. The third-order valence-electron chi connectivity index (χ3n) is 3.31. The van der Waals surface area contributed by atoms with Crippen molar-refractivity contribution in [1.29, 1.82) is 0 Å². The van der Waals surface area contributed by atoms with Gasteiger partial charge >= 0.3 is 5.97 Å². The summed E-state index contributed by atoms with van der Waals surface area (Å²) < 4.78 is 19.6. The Labute approximate surface area is 153 Å². The Morgan fingerprint density at radius 2 is 1.92 bits per heavy atom. The first-order valence-corrected chi connectivity index (χ1v) is 8.10. The largest absolute Gasteiger partial charge is 0.460 e. The molecule has 128 valence electrons. The monoisotopic (exact) mass is 379 g/mol. The lowest BCUT2D eigenvalue weighted by atomic mass is 10.2. The number of aromatic nitrogens is 3. The van der Waals surface area contributed by atoms with Gasteiger partial charge in [0, 0.05) is 10.6 Å². The zero-order chi connectivity index (χ0) is 18.0. The number of benzene rings is 2. The SMILES string of the molecule is CCOC(=O)c1nc(-c2ccc(Cl)cc2Cl)n(-c2ccc(F)cc2)n1. The second kappa shape index (κ2) is 7.21. The quantitative estimate of drug-likeness (QED) is 0.623.